The van der Waals surface area contributed by atoms with Crippen LogP contribution in [-0.4, -0.2) is 16.1 Å². The molecule has 3 nitrogen and oxygen atoms in total. The number of hydrogen-bond acceptors (Lipinski definition) is 3. The van der Waals surface area contributed by atoms with Gasteiger partial charge in [-0.3, -0.25) is 4.79 Å². The van der Waals surface area contributed by atoms with E-state index in [0.717, 1.165) is 17.1 Å². The first kappa shape index (κ1) is 8.69. The third kappa shape index (κ3) is 1.46. The maximum absolute atomic E-state index is 10.6. The molecule has 0 aromatic carbocycles. The van der Waals surface area contributed by atoms with Crippen LogP contribution in [0.3, 0.4) is 0 Å². The third-order valence-corrected chi connectivity index (χ3v) is 3.67. The zero-order valence-corrected chi connectivity index (χ0v) is 8.39. The summed E-state index contributed by atoms with van der Waals surface area (Å²) in [6, 6.07) is 0. The molecule has 1 aliphatic rings. The van der Waals surface area contributed by atoms with E-state index < -0.39 is 5.97 Å². The smallest absolute Gasteiger partial charge is 0.307 e. The van der Waals surface area contributed by atoms with Gasteiger partial charge in [0.15, 0.2) is 0 Å². The third-order valence-electron chi connectivity index (χ3n) is 2.47. The molecule has 1 aliphatic carbocycles. The lowest BCUT2D eigenvalue weighted by Gasteiger charge is -1.88. The van der Waals surface area contributed by atoms with Gasteiger partial charge in [0.25, 0.3) is 0 Å². The van der Waals surface area contributed by atoms with Crippen molar-refractivity contribution in [1.29, 1.82) is 0 Å². The summed E-state index contributed by atoms with van der Waals surface area (Å²) in [5, 5.41) is 9.74. The average Bonchev–Trinajstić information content (AvgIpc) is 2.76. The standard InChI is InChI=1S/C9H11NO2S/c1-4-5(2)13-8(10-4)6-3-7(6)9(11)12/h6-7H,3H2,1-2H3,(H,11,12). The molecule has 0 saturated heterocycles. The van der Waals surface area contributed by atoms with E-state index in [-0.39, 0.29) is 11.8 Å². The minimum Gasteiger partial charge on any atom is -0.481 e. The maximum Gasteiger partial charge on any atom is 0.307 e. The summed E-state index contributed by atoms with van der Waals surface area (Å²) in [6.45, 7) is 3.99. The fourth-order valence-corrected chi connectivity index (χ4v) is 2.50. The van der Waals surface area contributed by atoms with Crippen molar-refractivity contribution >= 4 is 17.3 Å². The highest BCUT2D eigenvalue weighted by molar-refractivity contribution is 7.11. The largest absolute Gasteiger partial charge is 0.481 e. The summed E-state index contributed by atoms with van der Waals surface area (Å²) in [5.74, 6) is -0.671. The van der Waals surface area contributed by atoms with Crippen molar-refractivity contribution in [2.45, 2.75) is 26.2 Å². The number of hydrogen-bond donors (Lipinski definition) is 1. The van der Waals surface area contributed by atoms with Gasteiger partial charge in [0.05, 0.1) is 16.6 Å². The number of carboxylic acids is 1. The van der Waals surface area contributed by atoms with Gasteiger partial charge in [-0.25, -0.2) is 4.98 Å². The molecule has 13 heavy (non-hydrogen) atoms. The van der Waals surface area contributed by atoms with E-state index >= 15 is 0 Å². The minimum atomic E-state index is -0.685. The molecule has 0 aliphatic heterocycles. The Labute approximate surface area is 80.4 Å². The number of nitrogens with zero attached hydrogens (tertiary/aromatic N) is 1. The second-order valence-electron chi connectivity index (χ2n) is 3.48. The molecule has 1 aromatic rings. The molecular weight excluding hydrogens is 186 g/mol. The van der Waals surface area contributed by atoms with E-state index in [1.54, 1.807) is 11.3 Å². The van der Waals surface area contributed by atoms with Crippen molar-refractivity contribution in [3.8, 4) is 0 Å². The zero-order valence-electron chi connectivity index (χ0n) is 7.57. The van der Waals surface area contributed by atoms with Gasteiger partial charge in [0, 0.05) is 10.8 Å². The van der Waals surface area contributed by atoms with Crippen molar-refractivity contribution < 1.29 is 9.90 Å². The van der Waals surface area contributed by atoms with Gasteiger partial charge in [-0.15, -0.1) is 11.3 Å². The lowest BCUT2D eigenvalue weighted by Crippen LogP contribution is -1.98. The summed E-state index contributed by atoms with van der Waals surface area (Å²) in [5.41, 5.74) is 1.04. The van der Waals surface area contributed by atoms with Crippen LogP contribution in [0.5, 0.6) is 0 Å². The minimum absolute atomic E-state index is 0.176. The molecular formula is C9H11NO2S. The Morgan fingerprint density at radius 1 is 1.62 bits per heavy atom. The molecule has 0 bridgehead atoms. The number of aryl methyl sites for hydroxylation is 2. The Morgan fingerprint density at radius 3 is 2.69 bits per heavy atom. The summed E-state index contributed by atoms with van der Waals surface area (Å²) in [7, 11) is 0. The quantitative estimate of drug-likeness (QED) is 0.788. The highest BCUT2D eigenvalue weighted by Crippen LogP contribution is 2.48. The molecule has 2 rings (SSSR count). The van der Waals surface area contributed by atoms with Crippen LogP contribution in [0, 0.1) is 19.8 Å². The fourth-order valence-electron chi connectivity index (χ4n) is 1.40. The van der Waals surface area contributed by atoms with E-state index in [1.807, 2.05) is 13.8 Å². The fraction of sp³-hybridized carbons (Fsp3) is 0.556. The SMILES string of the molecule is Cc1nc(C2CC2C(=O)O)sc1C. The second kappa shape index (κ2) is 2.80. The van der Waals surface area contributed by atoms with Gasteiger partial charge >= 0.3 is 5.97 Å². The van der Waals surface area contributed by atoms with E-state index in [4.69, 9.17) is 5.11 Å². The molecule has 1 heterocycles. The average molecular weight is 197 g/mol. The predicted molar refractivity (Wildman–Crippen MR) is 50.1 cm³/mol. The molecule has 0 spiro atoms. The van der Waals surface area contributed by atoms with Crippen molar-refractivity contribution in [3.05, 3.63) is 15.6 Å². The van der Waals surface area contributed by atoms with E-state index in [1.165, 1.54) is 4.88 Å². The van der Waals surface area contributed by atoms with Gasteiger partial charge < -0.3 is 5.11 Å². The molecule has 2 unspecified atom stereocenters. The summed E-state index contributed by atoms with van der Waals surface area (Å²) in [6.07, 6.45) is 0.766. The molecule has 2 atom stereocenters. The van der Waals surface area contributed by atoms with E-state index in [2.05, 4.69) is 4.98 Å². The van der Waals surface area contributed by atoms with Gasteiger partial charge in [-0.1, -0.05) is 0 Å². The predicted octanol–water partition coefficient (Wildman–Crippen LogP) is 1.95. The number of aliphatic carboxylic acids is 1. The van der Waals surface area contributed by atoms with Crippen LogP contribution < -0.4 is 0 Å². The summed E-state index contributed by atoms with van der Waals surface area (Å²) >= 11 is 1.63. The van der Waals surface area contributed by atoms with Crippen molar-refractivity contribution in [2.75, 3.05) is 0 Å². The number of aromatic nitrogens is 1. The van der Waals surface area contributed by atoms with Crippen molar-refractivity contribution in [3.63, 3.8) is 0 Å². The van der Waals surface area contributed by atoms with Crippen LogP contribution in [0.25, 0.3) is 0 Å². The first-order valence-corrected chi connectivity index (χ1v) is 5.08. The van der Waals surface area contributed by atoms with E-state index in [0.29, 0.717) is 0 Å². The van der Waals surface area contributed by atoms with Crippen molar-refractivity contribution in [2.24, 2.45) is 5.92 Å². The molecule has 1 fully saturated rings. The number of rotatable bonds is 2. The van der Waals surface area contributed by atoms with Crippen LogP contribution >= 0.6 is 11.3 Å². The second-order valence-corrected chi connectivity index (χ2v) is 4.72. The van der Waals surface area contributed by atoms with Crippen LogP contribution in [-0.2, 0) is 4.79 Å². The number of carboxylic acid groups (broad SMARTS) is 1. The maximum atomic E-state index is 10.6. The van der Waals surface area contributed by atoms with Crippen LogP contribution in [0.2, 0.25) is 0 Å². The molecule has 1 saturated carbocycles. The Morgan fingerprint density at radius 2 is 2.31 bits per heavy atom. The lowest BCUT2D eigenvalue weighted by molar-refractivity contribution is -0.138. The monoisotopic (exact) mass is 197 g/mol. The number of carbonyl (C=O) groups is 1. The van der Waals surface area contributed by atoms with Gasteiger partial charge in [-0.05, 0) is 20.3 Å². The van der Waals surface area contributed by atoms with Gasteiger partial charge in [0.1, 0.15) is 0 Å². The van der Waals surface area contributed by atoms with E-state index in [9.17, 15) is 4.79 Å². The van der Waals surface area contributed by atoms with Crippen LogP contribution in [0.4, 0.5) is 0 Å². The zero-order chi connectivity index (χ0) is 9.59. The molecule has 0 radical (unpaired) electrons. The Hall–Kier alpha value is -0.900. The number of thiazole rings is 1. The molecule has 1 N–H and O–H groups in total. The van der Waals surface area contributed by atoms with Gasteiger partial charge in [0.2, 0.25) is 0 Å². The van der Waals surface area contributed by atoms with Crippen LogP contribution in [0.1, 0.15) is 27.9 Å². The van der Waals surface area contributed by atoms with Crippen molar-refractivity contribution in [1.82, 2.24) is 4.98 Å². The topological polar surface area (TPSA) is 50.2 Å². The first-order chi connectivity index (χ1) is 6.09. The summed E-state index contributed by atoms with van der Waals surface area (Å²) < 4.78 is 0. The van der Waals surface area contributed by atoms with Gasteiger partial charge in [-0.2, -0.15) is 0 Å². The Bertz CT molecular complexity index is 339. The highest BCUT2D eigenvalue weighted by atomic mass is 32.1. The Kier molecular flexibility index (Phi) is 1.87. The first-order valence-electron chi connectivity index (χ1n) is 4.26. The molecule has 4 heteroatoms. The molecule has 1 aromatic heterocycles. The normalized spacial score (nSPS) is 26.0. The summed E-state index contributed by atoms with van der Waals surface area (Å²) in [4.78, 5) is 16.2. The molecule has 70 valence electrons. The highest BCUT2D eigenvalue weighted by Gasteiger charge is 2.46. The Balaban J connectivity index is 2.16. The lowest BCUT2D eigenvalue weighted by atomic mass is 10.3. The van der Waals surface area contributed by atoms with Crippen LogP contribution in [0.15, 0.2) is 0 Å². The molecule has 0 amide bonds.